The summed E-state index contributed by atoms with van der Waals surface area (Å²) in [7, 11) is 3.57. The summed E-state index contributed by atoms with van der Waals surface area (Å²) >= 11 is 0. The number of benzene rings is 2. The Labute approximate surface area is 186 Å². The Morgan fingerprint density at radius 1 is 1.12 bits per heavy atom. The molecule has 1 atom stereocenters. The first-order valence-corrected chi connectivity index (χ1v) is 10.5. The van der Waals surface area contributed by atoms with E-state index in [9.17, 15) is 14.4 Å². The third-order valence-corrected chi connectivity index (χ3v) is 5.72. The van der Waals surface area contributed by atoms with Crippen molar-refractivity contribution >= 4 is 34.4 Å². The van der Waals surface area contributed by atoms with Gasteiger partial charge in [0.1, 0.15) is 11.8 Å². The van der Waals surface area contributed by atoms with Gasteiger partial charge in [0.15, 0.2) is 0 Å². The highest BCUT2D eigenvalue weighted by atomic mass is 16.5. The highest BCUT2D eigenvalue weighted by molar-refractivity contribution is 6.04. The summed E-state index contributed by atoms with van der Waals surface area (Å²) in [6, 6.07) is 14.1. The number of methoxy groups -OCH3 is 1. The van der Waals surface area contributed by atoms with Crippen LogP contribution in [0.3, 0.4) is 0 Å². The molecule has 0 aliphatic carbocycles. The molecule has 2 aromatic carbocycles. The molecule has 8 heteroatoms. The smallest absolute Gasteiger partial charge is 0.324 e. The van der Waals surface area contributed by atoms with Crippen molar-refractivity contribution in [3.05, 3.63) is 60.3 Å². The van der Waals surface area contributed by atoms with Gasteiger partial charge in [-0.1, -0.05) is 12.1 Å². The highest BCUT2D eigenvalue weighted by Gasteiger charge is 2.37. The molecule has 2 heterocycles. The van der Waals surface area contributed by atoms with Crippen molar-refractivity contribution in [2.45, 2.75) is 25.3 Å². The minimum atomic E-state index is -0.680. The van der Waals surface area contributed by atoms with Crippen LogP contribution in [-0.4, -0.2) is 47.0 Å². The lowest BCUT2D eigenvalue weighted by Crippen LogP contribution is -2.33. The monoisotopic (exact) mass is 434 g/mol. The number of rotatable bonds is 8. The number of nitrogens with zero attached hydrogens (tertiary/aromatic N) is 2. The number of hydrogen-bond donors (Lipinski definition) is 2. The van der Waals surface area contributed by atoms with Crippen LogP contribution in [0, 0.1) is 0 Å². The number of aryl methyl sites for hydroxylation is 1. The Morgan fingerprint density at radius 3 is 2.66 bits per heavy atom. The molecule has 1 aliphatic rings. The number of anilines is 1. The molecule has 2 N–H and O–H groups in total. The van der Waals surface area contributed by atoms with Crippen LogP contribution in [0.1, 0.15) is 18.4 Å². The van der Waals surface area contributed by atoms with Gasteiger partial charge in [-0.15, -0.1) is 0 Å². The SMILES string of the molecule is COc1ccc(CCN2C(=O)N[C@H](CCC(=O)Nc3ccc4c(ccn4C)c3)C2=O)cc1. The van der Waals surface area contributed by atoms with Gasteiger partial charge in [0.2, 0.25) is 5.91 Å². The maximum atomic E-state index is 12.6. The molecule has 4 amide bonds. The zero-order valence-corrected chi connectivity index (χ0v) is 18.1. The number of nitrogens with one attached hydrogen (secondary N) is 2. The van der Waals surface area contributed by atoms with Crippen molar-refractivity contribution in [1.29, 1.82) is 0 Å². The van der Waals surface area contributed by atoms with Crippen LogP contribution in [0.5, 0.6) is 5.75 Å². The van der Waals surface area contributed by atoms with E-state index >= 15 is 0 Å². The molecular formula is C24H26N4O4. The highest BCUT2D eigenvalue weighted by Crippen LogP contribution is 2.20. The van der Waals surface area contributed by atoms with Gasteiger partial charge in [-0.3, -0.25) is 14.5 Å². The summed E-state index contributed by atoms with van der Waals surface area (Å²) in [6.07, 6.45) is 2.90. The molecule has 4 rings (SSSR count). The number of urea groups is 1. The number of carbonyl (C=O) groups excluding carboxylic acids is 3. The van der Waals surface area contributed by atoms with E-state index in [4.69, 9.17) is 4.74 Å². The lowest BCUT2D eigenvalue weighted by molar-refractivity contribution is -0.127. The van der Waals surface area contributed by atoms with Gasteiger partial charge in [0, 0.05) is 42.8 Å². The van der Waals surface area contributed by atoms with E-state index in [1.54, 1.807) is 7.11 Å². The molecule has 166 valence electrons. The molecule has 0 bridgehead atoms. The van der Waals surface area contributed by atoms with E-state index in [2.05, 4.69) is 10.6 Å². The van der Waals surface area contributed by atoms with Crippen LogP contribution in [0.15, 0.2) is 54.7 Å². The normalized spacial score (nSPS) is 15.8. The van der Waals surface area contributed by atoms with E-state index in [1.807, 2.05) is 66.3 Å². The number of aromatic nitrogens is 1. The average Bonchev–Trinajstić information content (AvgIpc) is 3.29. The van der Waals surface area contributed by atoms with Crippen molar-refractivity contribution in [3.8, 4) is 5.75 Å². The second kappa shape index (κ2) is 9.13. The molecule has 0 radical (unpaired) electrons. The second-order valence-electron chi connectivity index (χ2n) is 7.88. The van der Waals surface area contributed by atoms with Crippen LogP contribution in [0.4, 0.5) is 10.5 Å². The van der Waals surface area contributed by atoms with Gasteiger partial charge in [0.05, 0.1) is 7.11 Å². The van der Waals surface area contributed by atoms with Crippen molar-refractivity contribution in [3.63, 3.8) is 0 Å². The summed E-state index contributed by atoms with van der Waals surface area (Å²) in [6.45, 7) is 0.288. The summed E-state index contributed by atoms with van der Waals surface area (Å²) in [4.78, 5) is 38.5. The minimum Gasteiger partial charge on any atom is -0.497 e. The van der Waals surface area contributed by atoms with Gasteiger partial charge >= 0.3 is 6.03 Å². The number of hydrogen-bond acceptors (Lipinski definition) is 4. The van der Waals surface area contributed by atoms with Gasteiger partial charge < -0.3 is 19.9 Å². The van der Waals surface area contributed by atoms with Crippen LogP contribution < -0.4 is 15.4 Å². The number of fused-ring (bicyclic) bond motifs is 1. The summed E-state index contributed by atoms with van der Waals surface area (Å²) in [5.41, 5.74) is 2.79. The van der Waals surface area contributed by atoms with Crippen molar-refractivity contribution in [2.75, 3.05) is 19.0 Å². The van der Waals surface area contributed by atoms with Crippen molar-refractivity contribution in [2.24, 2.45) is 7.05 Å². The fourth-order valence-electron chi connectivity index (χ4n) is 3.88. The summed E-state index contributed by atoms with van der Waals surface area (Å²) < 4.78 is 7.15. The van der Waals surface area contributed by atoms with Crippen molar-refractivity contribution < 1.29 is 19.1 Å². The number of ether oxygens (including phenoxy) is 1. The topological polar surface area (TPSA) is 92.7 Å². The molecule has 0 spiro atoms. The predicted octanol–water partition coefficient (Wildman–Crippen LogP) is 3.07. The van der Waals surface area contributed by atoms with Gasteiger partial charge in [-0.25, -0.2) is 4.79 Å². The van der Waals surface area contributed by atoms with Crippen LogP contribution >= 0.6 is 0 Å². The first-order valence-electron chi connectivity index (χ1n) is 10.5. The molecule has 1 aliphatic heterocycles. The molecule has 32 heavy (non-hydrogen) atoms. The molecule has 3 aromatic rings. The Bertz CT molecular complexity index is 1150. The zero-order chi connectivity index (χ0) is 22.7. The first-order chi connectivity index (χ1) is 15.4. The number of imide groups is 1. The van der Waals surface area contributed by atoms with Crippen molar-refractivity contribution in [1.82, 2.24) is 14.8 Å². The fraction of sp³-hybridized carbons (Fsp3) is 0.292. The minimum absolute atomic E-state index is 0.135. The Balaban J connectivity index is 1.27. The fourth-order valence-corrected chi connectivity index (χ4v) is 3.88. The Morgan fingerprint density at radius 2 is 1.91 bits per heavy atom. The van der Waals surface area contributed by atoms with Crippen LogP contribution in [-0.2, 0) is 23.1 Å². The van der Waals surface area contributed by atoms with Gasteiger partial charge in [-0.05, 0) is 54.8 Å². The first kappa shape index (κ1) is 21.4. The van der Waals surface area contributed by atoms with Gasteiger partial charge in [0.25, 0.3) is 5.91 Å². The molecule has 1 aromatic heterocycles. The maximum absolute atomic E-state index is 12.6. The van der Waals surface area contributed by atoms with E-state index in [0.717, 1.165) is 22.2 Å². The van der Waals surface area contributed by atoms with Gasteiger partial charge in [-0.2, -0.15) is 0 Å². The Kier molecular flexibility index (Phi) is 6.11. The molecule has 0 unspecified atom stereocenters. The third kappa shape index (κ3) is 4.59. The molecule has 1 fully saturated rings. The zero-order valence-electron chi connectivity index (χ0n) is 18.1. The standard InChI is InChI=1S/C24H26N4O4/c1-27-13-12-17-15-18(5-9-21(17)27)25-22(29)10-8-20-23(30)28(24(31)26-20)14-11-16-3-6-19(32-2)7-4-16/h3-7,9,12-13,15,20H,8,10-11,14H2,1-2H3,(H,25,29)(H,26,31)/t20-/m1/s1. The van der Waals surface area contributed by atoms with E-state index < -0.39 is 12.1 Å². The predicted molar refractivity (Wildman–Crippen MR) is 122 cm³/mol. The van der Waals surface area contributed by atoms with E-state index in [1.165, 1.54) is 4.90 Å². The van der Waals surface area contributed by atoms with Crippen LogP contribution in [0.25, 0.3) is 10.9 Å². The quantitative estimate of drug-likeness (QED) is 0.533. The molecule has 1 saturated heterocycles. The van der Waals surface area contributed by atoms with E-state index in [0.29, 0.717) is 12.1 Å². The maximum Gasteiger partial charge on any atom is 0.324 e. The molecular weight excluding hydrogens is 408 g/mol. The number of carbonyl (C=O) groups is 3. The largest absolute Gasteiger partial charge is 0.497 e. The second-order valence-corrected chi connectivity index (χ2v) is 7.88. The average molecular weight is 434 g/mol. The van der Waals surface area contributed by atoms with Crippen LogP contribution in [0.2, 0.25) is 0 Å². The third-order valence-electron chi connectivity index (χ3n) is 5.72. The lowest BCUT2D eigenvalue weighted by atomic mass is 10.1. The molecule has 0 saturated carbocycles. The summed E-state index contributed by atoms with van der Waals surface area (Å²) in [5.74, 6) is 0.270. The molecule has 8 nitrogen and oxygen atoms in total. The summed E-state index contributed by atoms with van der Waals surface area (Å²) in [5, 5.41) is 6.59. The number of amides is 4. The van der Waals surface area contributed by atoms with E-state index in [-0.39, 0.29) is 31.2 Å². The lowest BCUT2D eigenvalue weighted by Gasteiger charge is -2.13. The Hall–Kier alpha value is -3.81.